The maximum atomic E-state index is 2.43. The Kier molecular flexibility index (Phi) is 5.23. The van der Waals surface area contributed by atoms with Gasteiger partial charge in [-0.1, -0.05) is 93.6 Å². The highest BCUT2D eigenvalue weighted by Crippen LogP contribution is 2.24. The number of benzene rings is 3. The average molecular weight is 329 g/mol. The Bertz CT molecular complexity index is 768. The van der Waals surface area contributed by atoms with Gasteiger partial charge < -0.3 is 4.90 Å². The van der Waals surface area contributed by atoms with E-state index in [4.69, 9.17) is 0 Å². The van der Waals surface area contributed by atoms with Crippen molar-refractivity contribution in [3.63, 3.8) is 0 Å². The van der Waals surface area contributed by atoms with Crippen molar-refractivity contribution in [2.45, 2.75) is 39.3 Å². The third-order valence-corrected chi connectivity index (χ3v) is 4.53. The Labute approximate surface area is 151 Å². The molecule has 0 atom stereocenters. The highest BCUT2D eigenvalue weighted by molar-refractivity contribution is 5.47. The number of rotatable bonds is 5. The Morgan fingerprint density at radius 2 is 1.08 bits per heavy atom. The SMILES string of the molecule is CC(C)(C)c1ccc(CN(Cc2ccccc2)c2ccccc2)cc1. The van der Waals surface area contributed by atoms with E-state index in [2.05, 4.69) is 111 Å². The fraction of sp³-hybridized carbons (Fsp3) is 0.250. The quantitative estimate of drug-likeness (QED) is 0.539. The van der Waals surface area contributed by atoms with E-state index in [1.54, 1.807) is 0 Å². The molecule has 0 unspecified atom stereocenters. The standard InChI is InChI=1S/C24H27N/c1-24(2,3)22-16-14-21(15-17-22)19-25(23-12-8-5-9-13-23)18-20-10-6-4-7-11-20/h4-17H,18-19H2,1-3H3. The molecule has 0 aliphatic rings. The molecule has 0 aliphatic carbocycles. The molecule has 0 heterocycles. The molecule has 0 aromatic heterocycles. The predicted octanol–water partition coefficient (Wildman–Crippen LogP) is 6.19. The normalized spacial score (nSPS) is 11.3. The summed E-state index contributed by atoms with van der Waals surface area (Å²) in [6.07, 6.45) is 0. The molecule has 0 radical (unpaired) electrons. The van der Waals surface area contributed by atoms with Gasteiger partial charge in [-0.05, 0) is 34.2 Å². The smallest absolute Gasteiger partial charge is 0.0433 e. The lowest BCUT2D eigenvalue weighted by atomic mass is 9.87. The summed E-state index contributed by atoms with van der Waals surface area (Å²) in [5.41, 5.74) is 5.50. The van der Waals surface area contributed by atoms with Crippen LogP contribution in [0.15, 0.2) is 84.9 Å². The predicted molar refractivity (Wildman–Crippen MR) is 108 cm³/mol. The summed E-state index contributed by atoms with van der Waals surface area (Å²) >= 11 is 0. The Hall–Kier alpha value is -2.54. The van der Waals surface area contributed by atoms with Crippen LogP contribution in [-0.2, 0) is 18.5 Å². The number of para-hydroxylation sites is 1. The number of hydrogen-bond acceptors (Lipinski definition) is 1. The van der Waals surface area contributed by atoms with Crippen LogP contribution in [0.3, 0.4) is 0 Å². The Balaban J connectivity index is 1.82. The summed E-state index contributed by atoms with van der Waals surface area (Å²) in [7, 11) is 0. The van der Waals surface area contributed by atoms with Gasteiger partial charge in [0.1, 0.15) is 0 Å². The summed E-state index contributed by atoms with van der Waals surface area (Å²) in [6, 6.07) is 30.4. The van der Waals surface area contributed by atoms with Gasteiger partial charge in [-0.3, -0.25) is 0 Å². The molecule has 25 heavy (non-hydrogen) atoms. The minimum atomic E-state index is 0.196. The van der Waals surface area contributed by atoms with E-state index < -0.39 is 0 Å². The zero-order valence-corrected chi connectivity index (χ0v) is 15.4. The van der Waals surface area contributed by atoms with Gasteiger partial charge in [0.15, 0.2) is 0 Å². The van der Waals surface area contributed by atoms with Gasteiger partial charge in [0.05, 0.1) is 0 Å². The largest absolute Gasteiger partial charge is 0.363 e. The zero-order chi connectivity index (χ0) is 17.7. The van der Waals surface area contributed by atoms with Crippen molar-refractivity contribution in [3.8, 4) is 0 Å². The van der Waals surface area contributed by atoms with Gasteiger partial charge in [-0.2, -0.15) is 0 Å². The topological polar surface area (TPSA) is 3.24 Å². The van der Waals surface area contributed by atoms with Gasteiger partial charge in [-0.15, -0.1) is 0 Å². The van der Waals surface area contributed by atoms with Gasteiger partial charge in [0.25, 0.3) is 0 Å². The van der Waals surface area contributed by atoms with Crippen LogP contribution < -0.4 is 4.90 Å². The second-order valence-corrected chi connectivity index (χ2v) is 7.62. The molecule has 1 nitrogen and oxygen atoms in total. The maximum Gasteiger partial charge on any atom is 0.0433 e. The van der Waals surface area contributed by atoms with Crippen LogP contribution in [0.4, 0.5) is 5.69 Å². The molecule has 3 rings (SSSR count). The van der Waals surface area contributed by atoms with Gasteiger partial charge in [0.2, 0.25) is 0 Å². The molecular formula is C24H27N. The maximum absolute atomic E-state index is 2.43. The summed E-state index contributed by atoms with van der Waals surface area (Å²) < 4.78 is 0. The second-order valence-electron chi connectivity index (χ2n) is 7.62. The molecule has 128 valence electrons. The first-order valence-corrected chi connectivity index (χ1v) is 8.96. The molecule has 0 amide bonds. The Morgan fingerprint density at radius 1 is 0.600 bits per heavy atom. The first kappa shape index (κ1) is 17.3. The Morgan fingerprint density at radius 3 is 1.60 bits per heavy atom. The molecule has 0 bridgehead atoms. The van der Waals surface area contributed by atoms with Crippen LogP contribution in [0.1, 0.15) is 37.5 Å². The second kappa shape index (κ2) is 7.57. The molecule has 0 fully saturated rings. The third kappa shape index (κ3) is 4.73. The first-order valence-electron chi connectivity index (χ1n) is 8.96. The van der Waals surface area contributed by atoms with Crippen molar-refractivity contribution < 1.29 is 0 Å². The fourth-order valence-corrected chi connectivity index (χ4v) is 3.01. The van der Waals surface area contributed by atoms with E-state index in [9.17, 15) is 0 Å². The van der Waals surface area contributed by atoms with Gasteiger partial charge >= 0.3 is 0 Å². The molecule has 0 saturated heterocycles. The minimum absolute atomic E-state index is 0.196. The molecule has 0 aliphatic heterocycles. The zero-order valence-electron chi connectivity index (χ0n) is 15.4. The van der Waals surface area contributed by atoms with Gasteiger partial charge in [-0.25, -0.2) is 0 Å². The minimum Gasteiger partial charge on any atom is -0.363 e. The number of anilines is 1. The summed E-state index contributed by atoms with van der Waals surface area (Å²) in [5, 5.41) is 0. The molecule has 3 aromatic rings. The first-order chi connectivity index (χ1) is 12.0. The van der Waals surface area contributed by atoms with E-state index in [1.807, 2.05) is 0 Å². The molecule has 1 heteroatoms. The molecule has 0 saturated carbocycles. The summed E-state index contributed by atoms with van der Waals surface area (Å²) in [5.74, 6) is 0. The van der Waals surface area contributed by atoms with Gasteiger partial charge in [0, 0.05) is 18.8 Å². The van der Waals surface area contributed by atoms with Crippen molar-refractivity contribution >= 4 is 5.69 Å². The van der Waals surface area contributed by atoms with Crippen molar-refractivity contribution in [2.75, 3.05) is 4.90 Å². The van der Waals surface area contributed by atoms with Crippen molar-refractivity contribution in [3.05, 3.63) is 102 Å². The van der Waals surface area contributed by atoms with Crippen molar-refractivity contribution in [2.24, 2.45) is 0 Å². The molecule has 3 aromatic carbocycles. The van der Waals surface area contributed by atoms with Crippen LogP contribution >= 0.6 is 0 Å². The van der Waals surface area contributed by atoms with Crippen LogP contribution in [0.25, 0.3) is 0 Å². The lowest BCUT2D eigenvalue weighted by molar-refractivity contribution is 0.590. The van der Waals surface area contributed by atoms with E-state index in [1.165, 1.54) is 22.4 Å². The molecule has 0 spiro atoms. The van der Waals surface area contributed by atoms with Crippen LogP contribution in [0, 0.1) is 0 Å². The van der Waals surface area contributed by atoms with E-state index in [-0.39, 0.29) is 5.41 Å². The highest BCUT2D eigenvalue weighted by Gasteiger charge is 2.14. The van der Waals surface area contributed by atoms with Crippen molar-refractivity contribution in [1.29, 1.82) is 0 Å². The molecule has 0 N–H and O–H groups in total. The van der Waals surface area contributed by atoms with E-state index in [0.717, 1.165) is 13.1 Å². The van der Waals surface area contributed by atoms with E-state index in [0.29, 0.717) is 0 Å². The number of hydrogen-bond donors (Lipinski definition) is 0. The fourth-order valence-electron chi connectivity index (χ4n) is 3.01. The van der Waals surface area contributed by atoms with Crippen LogP contribution in [0.5, 0.6) is 0 Å². The summed E-state index contributed by atoms with van der Waals surface area (Å²) in [4.78, 5) is 2.43. The lowest BCUT2D eigenvalue weighted by Crippen LogP contribution is -2.22. The number of nitrogens with zero attached hydrogens (tertiary/aromatic N) is 1. The monoisotopic (exact) mass is 329 g/mol. The average Bonchev–Trinajstić information content (AvgIpc) is 2.62. The lowest BCUT2D eigenvalue weighted by Gasteiger charge is -2.26. The third-order valence-electron chi connectivity index (χ3n) is 4.53. The van der Waals surface area contributed by atoms with E-state index >= 15 is 0 Å². The summed E-state index contributed by atoms with van der Waals surface area (Å²) in [6.45, 7) is 8.59. The van der Waals surface area contributed by atoms with Crippen molar-refractivity contribution in [1.82, 2.24) is 0 Å². The highest BCUT2D eigenvalue weighted by atomic mass is 15.1. The molecular weight excluding hydrogens is 302 g/mol. The van der Waals surface area contributed by atoms with Crippen LogP contribution in [0.2, 0.25) is 0 Å². The van der Waals surface area contributed by atoms with Crippen LogP contribution in [-0.4, -0.2) is 0 Å².